The van der Waals surface area contributed by atoms with Crippen molar-refractivity contribution in [2.24, 2.45) is 0 Å². The molecule has 1 amide bonds. The molecular weight excluding hydrogens is 314 g/mol. The van der Waals surface area contributed by atoms with Crippen molar-refractivity contribution >= 4 is 5.91 Å². The van der Waals surface area contributed by atoms with Crippen LogP contribution in [0.1, 0.15) is 44.4 Å². The molecule has 0 saturated carbocycles. The van der Waals surface area contributed by atoms with Gasteiger partial charge in [0.05, 0.1) is 17.8 Å². The van der Waals surface area contributed by atoms with E-state index in [1.807, 2.05) is 43.7 Å². The Morgan fingerprint density at radius 2 is 1.88 bits per heavy atom. The zero-order valence-electron chi connectivity index (χ0n) is 15.1. The number of hydrogen-bond donors (Lipinski definition) is 1. The molecule has 2 aromatic heterocycles. The predicted molar refractivity (Wildman–Crippen MR) is 96.6 cm³/mol. The first-order chi connectivity index (χ1) is 12.0. The predicted octanol–water partition coefficient (Wildman–Crippen LogP) is 3.69. The Labute approximate surface area is 147 Å². The molecule has 1 N–H and O–H groups in total. The lowest BCUT2D eigenvalue weighted by Crippen LogP contribution is -2.23. The van der Waals surface area contributed by atoms with Crippen LogP contribution >= 0.6 is 0 Å². The van der Waals surface area contributed by atoms with Crippen LogP contribution in [0.15, 0.2) is 40.8 Å². The topological polar surface area (TPSA) is 60.1 Å². The van der Waals surface area contributed by atoms with E-state index in [1.165, 1.54) is 5.56 Å². The summed E-state index contributed by atoms with van der Waals surface area (Å²) in [6.45, 7) is 8.83. The highest BCUT2D eigenvalue weighted by molar-refractivity contribution is 5.95. The van der Waals surface area contributed by atoms with Crippen LogP contribution in [-0.4, -0.2) is 15.7 Å². The molecule has 3 aromatic rings. The lowest BCUT2D eigenvalue weighted by molar-refractivity contribution is 0.0949. The molecular formula is C20H23N3O2. The fourth-order valence-corrected chi connectivity index (χ4v) is 3.02. The van der Waals surface area contributed by atoms with E-state index in [0.717, 1.165) is 29.3 Å². The highest BCUT2D eigenvalue weighted by Gasteiger charge is 2.16. The first-order valence-corrected chi connectivity index (χ1v) is 8.37. The van der Waals surface area contributed by atoms with Gasteiger partial charge < -0.3 is 9.73 Å². The summed E-state index contributed by atoms with van der Waals surface area (Å²) in [5, 5.41) is 7.60. The monoisotopic (exact) mass is 337 g/mol. The maximum absolute atomic E-state index is 12.4. The molecule has 0 fully saturated rings. The first-order valence-electron chi connectivity index (χ1n) is 8.37. The maximum atomic E-state index is 12.4. The molecule has 5 nitrogen and oxygen atoms in total. The number of furan rings is 1. The summed E-state index contributed by atoms with van der Waals surface area (Å²) >= 11 is 0. The summed E-state index contributed by atoms with van der Waals surface area (Å²) < 4.78 is 7.41. The summed E-state index contributed by atoms with van der Waals surface area (Å²) in [6.07, 6.45) is 0. The van der Waals surface area contributed by atoms with Gasteiger partial charge >= 0.3 is 0 Å². The summed E-state index contributed by atoms with van der Waals surface area (Å²) in [5.41, 5.74) is 4.86. The van der Waals surface area contributed by atoms with Gasteiger partial charge in [-0.3, -0.25) is 9.48 Å². The van der Waals surface area contributed by atoms with Gasteiger partial charge in [-0.15, -0.1) is 0 Å². The fourth-order valence-electron chi connectivity index (χ4n) is 3.02. The first kappa shape index (κ1) is 17.0. The van der Waals surface area contributed by atoms with Crippen LogP contribution in [0.5, 0.6) is 0 Å². The number of nitrogens with one attached hydrogen (secondary N) is 1. The van der Waals surface area contributed by atoms with Crippen LogP contribution < -0.4 is 5.32 Å². The Bertz CT molecular complexity index is 891. The molecule has 2 heterocycles. The number of rotatable bonds is 5. The summed E-state index contributed by atoms with van der Waals surface area (Å²) in [4.78, 5) is 12.4. The smallest absolute Gasteiger partial charge is 0.255 e. The number of carbonyl (C=O) groups excluding carboxylic acids is 1. The third kappa shape index (κ3) is 3.65. The van der Waals surface area contributed by atoms with Gasteiger partial charge in [0.2, 0.25) is 0 Å². The van der Waals surface area contributed by atoms with Crippen LogP contribution in [0.4, 0.5) is 0 Å². The van der Waals surface area contributed by atoms with Crippen LogP contribution in [0, 0.1) is 27.7 Å². The van der Waals surface area contributed by atoms with Crippen molar-refractivity contribution in [3.63, 3.8) is 0 Å². The number of aryl methyl sites for hydroxylation is 3. The summed E-state index contributed by atoms with van der Waals surface area (Å²) in [6, 6.07) is 12.0. The molecule has 0 saturated heterocycles. The Kier molecular flexibility index (Phi) is 4.74. The van der Waals surface area contributed by atoms with Gasteiger partial charge in [0.25, 0.3) is 5.91 Å². The molecule has 3 rings (SSSR count). The van der Waals surface area contributed by atoms with Crippen LogP contribution in [0.3, 0.4) is 0 Å². The van der Waals surface area contributed by atoms with Crippen LogP contribution in [0.25, 0.3) is 0 Å². The summed E-state index contributed by atoms with van der Waals surface area (Å²) in [7, 11) is 0. The average molecular weight is 337 g/mol. The van der Waals surface area contributed by atoms with E-state index in [-0.39, 0.29) is 5.91 Å². The van der Waals surface area contributed by atoms with E-state index < -0.39 is 0 Å². The second-order valence-corrected chi connectivity index (χ2v) is 6.30. The minimum atomic E-state index is -0.121. The van der Waals surface area contributed by atoms with E-state index in [1.54, 1.807) is 13.0 Å². The van der Waals surface area contributed by atoms with E-state index >= 15 is 0 Å². The number of nitrogens with zero attached hydrogens (tertiary/aromatic N) is 2. The van der Waals surface area contributed by atoms with Gasteiger partial charge in [0, 0.05) is 17.8 Å². The molecule has 0 bridgehead atoms. The molecule has 0 aliphatic heterocycles. The van der Waals surface area contributed by atoms with Crippen LogP contribution in [0.2, 0.25) is 0 Å². The van der Waals surface area contributed by atoms with Gasteiger partial charge in [-0.25, -0.2) is 0 Å². The Morgan fingerprint density at radius 3 is 2.52 bits per heavy atom. The van der Waals surface area contributed by atoms with Gasteiger partial charge in [-0.1, -0.05) is 30.3 Å². The van der Waals surface area contributed by atoms with E-state index in [2.05, 4.69) is 22.5 Å². The van der Waals surface area contributed by atoms with E-state index in [0.29, 0.717) is 17.9 Å². The minimum Gasteiger partial charge on any atom is -0.466 e. The number of hydrogen-bond acceptors (Lipinski definition) is 3. The maximum Gasteiger partial charge on any atom is 0.255 e. The van der Waals surface area contributed by atoms with Gasteiger partial charge in [0.15, 0.2) is 0 Å². The molecule has 0 aliphatic rings. The number of amides is 1. The molecule has 130 valence electrons. The zero-order valence-corrected chi connectivity index (χ0v) is 15.1. The number of aromatic nitrogens is 2. The Balaban J connectivity index is 1.73. The van der Waals surface area contributed by atoms with Crippen molar-refractivity contribution in [3.05, 3.63) is 76.0 Å². The number of carbonyl (C=O) groups is 1. The Morgan fingerprint density at radius 1 is 1.16 bits per heavy atom. The third-order valence-electron chi connectivity index (χ3n) is 4.42. The van der Waals surface area contributed by atoms with Gasteiger partial charge in [-0.2, -0.15) is 5.10 Å². The molecule has 0 atom stereocenters. The van der Waals surface area contributed by atoms with Crippen molar-refractivity contribution in [2.75, 3.05) is 0 Å². The van der Waals surface area contributed by atoms with Crippen molar-refractivity contribution < 1.29 is 9.21 Å². The van der Waals surface area contributed by atoms with Crippen molar-refractivity contribution in [1.82, 2.24) is 15.1 Å². The zero-order chi connectivity index (χ0) is 18.0. The molecule has 0 unspecified atom stereocenters. The third-order valence-corrected chi connectivity index (χ3v) is 4.42. The molecule has 5 heteroatoms. The normalized spacial score (nSPS) is 10.9. The average Bonchev–Trinajstić information content (AvgIpc) is 3.05. The number of benzene rings is 1. The Hall–Kier alpha value is -2.82. The lowest BCUT2D eigenvalue weighted by atomic mass is 10.1. The molecule has 1 aromatic carbocycles. The van der Waals surface area contributed by atoms with E-state index in [9.17, 15) is 4.79 Å². The standard InChI is InChI=1S/C20H23N3O2/c1-13-10-18(16(4)25-13)20(24)21-11-19-14(2)22-23(15(19)3)12-17-8-6-5-7-9-17/h5-10H,11-12H2,1-4H3,(H,21,24). The van der Waals surface area contributed by atoms with E-state index in [4.69, 9.17) is 4.42 Å². The van der Waals surface area contributed by atoms with Crippen molar-refractivity contribution in [2.45, 2.75) is 40.8 Å². The fraction of sp³-hybridized carbons (Fsp3) is 0.300. The van der Waals surface area contributed by atoms with Gasteiger partial charge in [0.1, 0.15) is 11.5 Å². The molecule has 25 heavy (non-hydrogen) atoms. The quantitative estimate of drug-likeness (QED) is 0.772. The van der Waals surface area contributed by atoms with Crippen LogP contribution in [-0.2, 0) is 13.1 Å². The minimum absolute atomic E-state index is 0.121. The lowest BCUT2D eigenvalue weighted by Gasteiger charge is -2.07. The summed E-state index contributed by atoms with van der Waals surface area (Å²) in [5.74, 6) is 1.26. The second kappa shape index (κ2) is 6.97. The van der Waals surface area contributed by atoms with Crippen molar-refractivity contribution in [3.8, 4) is 0 Å². The second-order valence-electron chi connectivity index (χ2n) is 6.30. The molecule has 0 spiro atoms. The SMILES string of the molecule is Cc1cc(C(=O)NCc2c(C)nn(Cc3ccccc3)c2C)c(C)o1. The van der Waals surface area contributed by atoms with Gasteiger partial charge in [-0.05, 0) is 39.3 Å². The highest BCUT2D eigenvalue weighted by atomic mass is 16.3. The largest absolute Gasteiger partial charge is 0.466 e. The highest BCUT2D eigenvalue weighted by Crippen LogP contribution is 2.16. The van der Waals surface area contributed by atoms with Crippen molar-refractivity contribution in [1.29, 1.82) is 0 Å². The molecule has 0 radical (unpaired) electrons. The molecule has 0 aliphatic carbocycles.